The van der Waals surface area contributed by atoms with Crippen LogP contribution < -0.4 is 0 Å². The van der Waals surface area contributed by atoms with Crippen molar-refractivity contribution in [1.29, 1.82) is 5.26 Å². The smallest absolute Gasteiger partial charge is 0.181 e. The second-order valence-electron chi connectivity index (χ2n) is 3.77. The summed E-state index contributed by atoms with van der Waals surface area (Å²) in [4.78, 5) is 11.3. The van der Waals surface area contributed by atoms with Crippen molar-refractivity contribution in [2.45, 2.75) is 13.8 Å². The quantitative estimate of drug-likeness (QED) is 0.777. The highest BCUT2D eigenvalue weighted by molar-refractivity contribution is 6.32. The number of carbonyl (C=O) groups excluding carboxylic acids is 1. The molecule has 2 rings (SSSR count). The maximum absolute atomic E-state index is 11.3. The summed E-state index contributed by atoms with van der Waals surface area (Å²) in [5, 5.41) is 17.0. The van der Waals surface area contributed by atoms with E-state index in [0.29, 0.717) is 27.7 Å². The van der Waals surface area contributed by atoms with Crippen LogP contribution in [0.1, 0.15) is 28.7 Å². The van der Waals surface area contributed by atoms with Crippen LogP contribution in [0.25, 0.3) is 5.69 Å². The number of rotatable bonds is 2. The van der Waals surface area contributed by atoms with Crippen LogP contribution >= 0.6 is 11.6 Å². The molecule has 0 aliphatic rings. The van der Waals surface area contributed by atoms with Gasteiger partial charge in [-0.2, -0.15) is 5.26 Å². The zero-order valence-corrected chi connectivity index (χ0v) is 10.6. The highest BCUT2D eigenvalue weighted by atomic mass is 35.5. The Morgan fingerprint density at radius 1 is 1.50 bits per heavy atom. The standard InChI is InChI=1S/C12H9ClN4O/c1-7-12(8(2)18)15-16-17(7)11-5-9(6-14)3-4-10(11)13/h3-5H,1-2H3. The molecule has 1 aromatic carbocycles. The van der Waals surface area contributed by atoms with E-state index in [1.54, 1.807) is 25.1 Å². The molecule has 0 N–H and O–H groups in total. The molecular weight excluding hydrogens is 252 g/mol. The molecular formula is C12H9ClN4O. The molecule has 1 heterocycles. The Labute approximate surface area is 109 Å². The Bertz CT molecular complexity index is 669. The van der Waals surface area contributed by atoms with Crippen LogP contribution in [0.5, 0.6) is 0 Å². The number of hydrogen-bond donors (Lipinski definition) is 0. The van der Waals surface area contributed by atoms with Gasteiger partial charge in [-0.05, 0) is 25.1 Å². The van der Waals surface area contributed by atoms with Crippen LogP contribution in [0.4, 0.5) is 0 Å². The largest absolute Gasteiger partial charge is 0.293 e. The molecule has 6 heteroatoms. The molecule has 0 aliphatic carbocycles. The van der Waals surface area contributed by atoms with Crippen molar-refractivity contribution in [1.82, 2.24) is 15.0 Å². The summed E-state index contributed by atoms with van der Waals surface area (Å²) in [7, 11) is 0. The van der Waals surface area contributed by atoms with Crippen molar-refractivity contribution in [3.63, 3.8) is 0 Å². The second kappa shape index (κ2) is 4.59. The molecule has 0 bridgehead atoms. The van der Waals surface area contributed by atoms with Gasteiger partial charge in [0.2, 0.25) is 0 Å². The molecule has 2 aromatic rings. The van der Waals surface area contributed by atoms with E-state index in [2.05, 4.69) is 10.3 Å². The molecule has 0 saturated carbocycles. The predicted octanol–water partition coefficient (Wildman–Crippen LogP) is 2.30. The van der Waals surface area contributed by atoms with Gasteiger partial charge in [-0.1, -0.05) is 16.8 Å². The molecule has 0 amide bonds. The molecule has 18 heavy (non-hydrogen) atoms. The van der Waals surface area contributed by atoms with Gasteiger partial charge in [0.25, 0.3) is 0 Å². The van der Waals surface area contributed by atoms with Gasteiger partial charge in [0.15, 0.2) is 11.5 Å². The summed E-state index contributed by atoms with van der Waals surface area (Å²) < 4.78 is 1.46. The number of carbonyl (C=O) groups is 1. The van der Waals surface area contributed by atoms with Crippen molar-refractivity contribution in [2.24, 2.45) is 0 Å². The molecule has 0 unspecified atom stereocenters. The fraction of sp³-hybridized carbons (Fsp3) is 0.167. The average molecular weight is 261 g/mol. The van der Waals surface area contributed by atoms with E-state index >= 15 is 0 Å². The number of halogens is 1. The van der Waals surface area contributed by atoms with E-state index in [-0.39, 0.29) is 5.78 Å². The van der Waals surface area contributed by atoms with E-state index in [9.17, 15) is 4.79 Å². The van der Waals surface area contributed by atoms with Crippen LogP contribution in [0.15, 0.2) is 18.2 Å². The molecule has 0 saturated heterocycles. The third-order valence-corrected chi connectivity index (χ3v) is 2.85. The molecule has 0 atom stereocenters. The summed E-state index contributed by atoms with van der Waals surface area (Å²) in [6.45, 7) is 3.15. The number of nitrogens with zero attached hydrogens (tertiary/aromatic N) is 4. The maximum Gasteiger partial charge on any atom is 0.181 e. The van der Waals surface area contributed by atoms with Gasteiger partial charge >= 0.3 is 0 Å². The summed E-state index contributed by atoms with van der Waals surface area (Å²) in [6, 6.07) is 6.86. The fourth-order valence-electron chi connectivity index (χ4n) is 1.63. The number of ketones is 1. The minimum atomic E-state index is -0.161. The van der Waals surface area contributed by atoms with Crippen molar-refractivity contribution >= 4 is 17.4 Å². The van der Waals surface area contributed by atoms with Gasteiger partial charge in [-0.3, -0.25) is 4.79 Å². The van der Waals surface area contributed by atoms with E-state index in [1.807, 2.05) is 6.07 Å². The molecule has 1 aromatic heterocycles. The first-order valence-corrected chi connectivity index (χ1v) is 5.55. The lowest BCUT2D eigenvalue weighted by Crippen LogP contribution is -2.02. The second-order valence-corrected chi connectivity index (χ2v) is 4.18. The Hall–Kier alpha value is -2.19. The normalized spacial score (nSPS) is 10.1. The molecule has 0 aliphatic heterocycles. The fourth-order valence-corrected chi connectivity index (χ4v) is 1.83. The first-order chi connectivity index (χ1) is 8.54. The third-order valence-electron chi connectivity index (χ3n) is 2.53. The summed E-state index contributed by atoms with van der Waals surface area (Å²) in [5.41, 5.74) is 1.90. The first-order valence-electron chi connectivity index (χ1n) is 5.18. The van der Waals surface area contributed by atoms with E-state index in [4.69, 9.17) is 16.9 Å². The van der Waals surface area contributed by atoms with E-state index < -0.39 is 0 Å². The third kappa shape index (κ3) is 1.98. The van der Waals surface area contributed by atoms with E-state index in [1.165, 1.54) is 11.6 Å². The van der Waals surface area contributed by atoms with Crippen LogP contribution in [0.2, 0.25) is 5.02 Å². The zero-order chi connectivity index (χ0) is 13.3. The highest BCUT2D eigenvalue weighted by Gasteiger charge is 2.15. The zero-order valence-electron chi connectivity index (χ0n) is 9.81. The van der Waals surface area contributed by atoms with Crippen LogP contribution in [0.3, 0.4) is 0 Å². The van der Waals surface area contributed by atoms with Gasteiger partial charge in [-0.15, -0.1) is 5.10 Å². The maximum atomic E-state index is 11.3. The lowest BCUT2D eigenvalue weighted by Gasteiger charge is -2.06. The minimum Gasteiger partial charge on any atom is -0.293 e. The number of aromatic nitrogens is 3. The molecule has 0 radical (unpaired) electrons. The Morgan fingerprint density at radius 2 is 2.22 bits per heavy atom. The minimum absolute atomic E-state index is 0.161. The van der Waals surface area contributed by atoms with Crippen molar-refractivity contribution in [3.8, 4) is 11.8 Å². The van der Waals surface area contributed by atoms with Crippen molar-refractivity contribution in [3.05, 3.63) is 40.2 Å². The molecule has 90 valence electrons. The van der Waals surface area contributed by atoms with Gasteiger partial charge in [0, 0.05) is 6.92 Å². The SMILES string of the molecule is CC(=O)c1nnn(-c2cc(C#N)ccc2Cl)c1C. The number of Topliss-reactive ketones (excluding diaryl/α,β-unsaturated/α-hetero) is 1. The number of nitriles is 1. The van der Waals surface area contributed by atoms with Crippen LogP contribution in [0, 0.1) is 18.3 Å². The number of benzene rings is 1. The summed E-state index contributed by atoms with van der Waals surface area (Å²) >= 11 is 6.07. The Kier molecular flexibility index (Phi) is 3.13. The topological polar surface area (TPSA) is 71.6 Å². The Balaban J connectivity index is 2.63. The molecule has 0 fully saturated rings. The summed E-state index contributed by atoms with van der Waals surface area (Å²) in [6.07, 6.45) is 0. The van der Waals surface area contributed by atoms with Crippen LogP contribution in [-0.4, -0.2) is 20.8 Å². The first kappa shape index (κ1) is 12.3. The molecule has 5 nitrogen and oxygen atoms in total. The van der Waals surface area contributed by atoms with Crippen molar-refractivity contribution < 1.29 is 4.79 Å². The summed E-state index contributed by atoms with van der Waals surface area (Å²) in [5.74, 6) is -0.161. The van der Waals surface area contributed by atoms with Crippen LogP contribution in [-0.2, 0) is 0 Å². The van der Waals surface area contributed by atoms with Gasteiger partial charge in [0.1, 0.15) is 0 Å². The van der Waals surface area contributed by atoms with Gasteiger partial charge < -0.3 is 0 Å². The predicted molar refractivity (Wildman–Crippen MR) is 65.8 cm³/mol. The van der Waals surface area contributed by atoms with Crippen molar-refractivity contribution in [2.75, 3.05) is 0 Å². The Morgan fingerprint density at radius 3 is 2.78 bits per heavy atom. The lowest BCUT2D eigenvalue weighted by molar-refractivity contribution is 0.101. The number of hydrogen-bond acceptors (Lipinski definition) is 4. The average Bonchev–Trinajstić information content (AvgIpc) is 2.72. The monoisotopic (exact) mass is 260 g/mol. The van der Waals surface area contributed by atoms with Gasteiger partial charge in [0.05, 0.1) is 28.0 Å². The van der Waals surface area contributed by atoms with E-state index in [0.717, 1.165) is 0 Å². The van der Waals surface area contributed by atoms with Gasteiger partial charge in [-0.25, -0.2) is 4.68 Å². The highest BCUT2D eigenvalue weighted by Crippen LogP contribution is 2.23. The lowest BCUT2D eigenvalue weighted by atomic mass is 10.2. The molecule has 0 spiro atoms.